The van der Waals surface area contributed by atoms with E-state index in [1.807, 2.05) is 30.0 Å². The highest BCUT2D eigenvalue weighted by molar-refractivity contribution is 7.99. The lowest BCUT2D eigenvalue weighted by Gasteiger charge is -2.33. The first kappa shape index (κ1) is 17.7. The number of likely N-dealkylation sites (tertiary alicyclic amines) is 1. The molecule has 0 radical (unpaired) electrons. The molecule has 1 aliphatic heterocycles. The summed E-state index contributed by atoms with van der Waals surface area (Å²) in [6.07, 6.45) is 3.36. The zero-order valence-electron chi connectivity index (χ0n) is 14.8. The second-order valence-corrected chi connectivity index (χ2v) is 7.21. The summed E-state index contributed by atoms with van der Waals surface area (Å²) in [6.45, 7) is 4.96. The zero-order chi connectivity index (χ0) is 17.8. The second kappa shape index (κ2) is 7.86. The Labute approximate surface area is 151 Å². The third kappa shape index (κ3) is 3.95. The van der Waals surface area contributed by atoms with Crippen LogP contribution >= 0.6 is 11.8 Å². The number of aryl methyl sites for hydroxylation is 1. The van der Waals surface area contributed by atoms with Crippen LogP contribution in [0.5, 0.6) is 5.75 Å². The molecule has 7 nitrogen and oxygen atoms in total. The predicted octanol–water partition coefficient (Wildman–Crippen LogP) is 2.47. The monoisotopic (exact) mass is 361 g/mol. The highest BCUT2D eigenvalue weighted by Crippen LogP contribution is 2.27. The Morgan fingerprint density at radius 2 is 2.24 bits per heavy atom. The van der Waals surface area contributed by atoms with Crippen molar-refractivity contribution in [3.8, 4) is 11.4 Å². The molecule has 2 heterocycles. The number of amides is 1. The Kier molecular flexibility index (Phi) is 5.57. The summed E-state index contributed by atoms with van der Waals surface area (Å²) in [6, 6.07) is 6.14. The highest BCUT2D eigenvalue weighted by atomic mass is 32.2. The van der Waals surface area contributed by atoms with Crippen molar-refractivity contribution in [1.29, 1.82) is 0 Å². The van der Waals surface area contributed by atoms with Crippen LogP contribution in [-0.2, 0) is 4.79 Å². The Morgan fingerprint density at radius 1 is 1.40 bits per heavy atom. The van der Waals surface area contributed by atoms with Gasteiger partial charge in [-0.2, -0.15) is 4.68 Å². The van der Waals surface area contributed by atoms with Gasteiger partial charge in [0.05, 0.1) is 12.9 Å². The number of nitrogens with zero attached hydrogens (tertiary/aromatic N) is 5. The molecule has 1 aliphatic rings. The summed E-state index contributed by atoms with van der Waals surface area (Å²) in [5, 5.41) is 12.5. The third-order valence-corrected chi connectivity index (χ3v) is 5.36. The van der Waals surface area contributed by atoms with E-state index in [9.17, 15) is 4.79 Å². The minimum atomic E-state index is 0.142. The average molecular weight is 361 g/mol. The van der Waals surface area contributed by atoms with Crippen LogP contribution in [-0.4, -0.2) is 56.5 Å². The molecule has 1 amide bonds. The fraction of sp³-hybridized carbons (Fsp3) is 0.529. The molecule has 0 N–H and O–H groups in total. The number of benzene rings is 1. The van der Waals surface area contributed by atoms with Crippen molar-refractivity contribution in [3.63, 3.8) is 0 Å². The van der Waals surface area contributed by atoms with Gasteiger partial charge >= 0.3 is 0 Å². The summed E-state index contributed by atoms with van der Waals surface area (Å²) in [5.74, 6) is 1.16. The number of aromatic nitrogens is 4. The molecule has 0 spiro atoms. The normalized spacial score (nSPS) is 17.6. The van der Waals surface area contributed by atoms with Crippen LogP contribution in [0.25, 0.3) is 5.69 Å². The van der Waals surface area contributed by atoms with Gasteiger partial charge in [0.2, 0.25) is 11.1 Å². The van der Waals surface area contributed by atoms with E-state index in [0.717, 1.165) is 30.6 Å². The first-order valence-corrected chi connectivity index (χ1v) is 9.44. The van der Waals surface area contributed by atoms with Gasteiger partial charge < -0.3 is 9.64 Å². The molecule has 3 rings (SSSR count). The van der Waals surface area contributed by atoms with Crippen LogP contribution < -0.4 is 4.74 Å². The van der Waals surface area contributed by atoms with Crippen LogP contribution in [0.2, 0.25) is 0 Å². The molecule has 1 aromatic carbocycles. The summed E-state index contributed by atoms with van der Waals surface area (Å²) in [7, 11) is 1.62. The molecule has 1 unspecified atom stereocenters. The molecule has 25 heavy (non-hydrogen) atoms. The van der Waals surface area contributed by atoms with Crippen molar-refractivity contribution in [2.24, 2.45) is 0 Å². The smallest absolute Gasteiger partial charge is 0.233 e. The van der Waals surface area contributed by atoms with E-state index in [2.05, 4.69) is 22.4 Å². The molecule has 1 fully saturated rings. The van der Waals surface area contributed by atoms with Crippen molar-refractivity contribution in [2.45, 2.75) is 44.3 Å². The number of tetrazole rings is 1. The molecule has 0 saturated carbocycles. The molecule has 1 atom stereocenters. The summed E-state index contributed by atoms with van der Waals surface area (Å²) in [4.78, 5) is 14.5. The van der Waals surface area contributed by atoms with Gasteiger partial charge in [-0.15, -0.1) is 5.10 Å². The maximum Gasteiger partial charge on any atom is 0.233 e. The number of piperidine rings is 1. The van der Waals surface area contributed by atoms with E-state index in [1.54, 1.807) is 11.8 Å². The third-order valence-electron chi connectivity index (χ3n) is 4.45. The largest absolute Gasteiger partial charge is 0.494 e. The van der Waals surface area contributed by atoms with E-state index in [1.165, 1.54) is 18.2 Å². The van der Waals surface area contributed by atoms with Gasteiger partial charge in [0.1, 0.15) is 11.4 Å². The van der Waals surface area contributed by atoms with Crippen molar-refractivity contribution < 1.29 is 9.53 Å². The number of thioether (sulfide) groups is 1. The predicted molar refractivity (Wildman–Crippen MR) is 96.2 cm³/mol. The van der Waals surface area contributed by atoms with Gasteiger partial charge in [0, 0.05) is 12.6 Å². The summed E-state index contributed by atoms with van der Waals surface area (Å²) in [5.41, 5.74) is 1.86. The van der Waals surface area contributed by atoms with Crippen LogP contribution in [0.4, 0.5) is 0 Å². The van der Waals surface area contributed by atoms with E-state index < -0.39 is 0 Å². The number of hydrogen-bond acceptors (Lipinski definition) is 6. The number of hydrogen-bond donors (Lipinski definition) is 0. The van der Waals surface area contributed by atoms with Gasteiger partial charge in [0.15, 0.2) is 0 Å². The van der Waals surface area contributed by atoms with Gasteiger partial charge in [-0.05, 0) is 61.2 Å². The van der Waals surface area contributed by atoms with E-state index >= 15 is 0 Å². The molecule has 8 heteroatoms. The van der Waals surface area contributed by atoms with E-state index in [4.69, 9.17) is 4.74 Å². The fourth-order valence-electron chi connectivity index (χ4n) is 3.06. The number of carbonyl (C=O) groups is 1. The maximum atomic E-state index is 12.5. The van der Waals surface area contributed by atoms with Crippen molar-refractivity contribution >= 4 is 17.7 Å². The topological polar surface area (TPSA) is 73.1 Å². The van der Waals surface area contributed by atoms with Gasteiger partial charge in [-0.1, -0.05) is 17.8 Å². The number of methoxy groups -OCH3 is 1. The van der Waals surface area contributed by atoms with Crippen LogP contribution in [0.1, 0.15) is 31.7 Å². The lowest BCUT2D eigenvalue weighted by atomic mass is 10.0. The van der Waals surface area contributed by atoms with E-state index in [0.29, 0.717) is 22.7 Å². The zero-order valence-corrected chi connectivity index (χ0v) is 15.6. The Bertz CT molecular complexity index is 748. The van der Waals surface area contributed by atoms with Crippen LogP contribution in [0.3, 0.4) is 0 Å². The minimum absolute atomic E-state index is 0.142. The molecule has 134 valence electrons. The molecule has 0 aliphatic carbocycles. The summed E-state index contributed by atoms with van der Waals surface area (Å²) < 4.78 is 7.04. The first-order chi connectivity index (χ1) is 12.1. The van der Waals surface area contributed by atoms with Gasteiger partial charge in [-0.25, -0.2) is 0 Å². The van der Waals surface area contributed by atoms with Crippen LogP contribution in [0.15, 0.2) is 23.4 Å². The molecular weight excluding hydrogens is 338 g/mol. The minimum Gasteiger partial charge on any atom is -0.494 e. The van der Waals surface area contributed by atoms with Crippen molar-refractivity contribution in [2.75, 3.05) is 19.4 Å². The maximum absolute atomic E-state index is 12.5. The molecular formula is C17H23N5O2S. The Balaban J connectivity index is 1.74. The second-order valence-electron chi connectivity index (χ2n) is 6.27. The summed E-state index contributed by atoms with van der Waals surface area (Å²) >= 11 is 1.36. The molecule has 1 saturated heterocycles. The Morgan fingerprint density at radius 3 is 3.00 bits per heavy atom. The first-order valence-electron chi connectivity index (χ1n) is 8.46. The molecule has 2 aromatic rings. The average Bonchev–Trinajstić information content (AvgIpc) is 3.08. The molecule has 1 aromatic heterocycles. The highest BCUT2D eigenvalue weighted by Gasteiger charge is 2.24. The molecule has 0 bridgehead atoms. The van der Waals surface area contributed by atoms with E-state index in [-0.39, 0.29) is 5.91 Å². The lowest BCUT2D eigenvalue weighted by molar-refractivity contribution is -0.131. The number of ether oxygens (including phenoxy) is 1. The quantitative estimate of drug-likeness (QED) is 0.762. The van der Waals surface area contributed by atoms with Gasteiger partial charge in [-0.3, -0.25) is 4.79 Å². The van der Waals surface area contributed by atoms with Crippen LogP contribution in [0, 0.1) is 6.92 Å². The van der Waals surface area contributed by atoms with Crippen molar-refractivity contribution in [3.05, 3.63) is 23.8 Å². The standard InChI is InChI=1S/C17H23N5O2S/c1-12-7-8-15(24-3)14(10-12)22-17(18-19-20-22)25-11-16(23)21-9-5-4-6-13(21)2/h7-8,10,13H,4-6,9,11H2,1-3H3. The number of rotatable bonds is 5. The number of carbonyl (C=O) groups excluding carboxylic acids is 1. The lowest BCUT2D eigenvalue weighted by Crippen LogP contribution is -2.42. The SMILES string of the molecule is COc1ccc(C)cc1-n1nnnc1SCC(=O)N1CCCCC1C. The Hall–Kier alpha value is -2.09. The van der Waals surface area contributed by atoms with Gasteiger partial charge in [0.25, 0.3) is 0 Å². The van der Waals surface area contributed by atoms with Crippen molar-refractivity contribution in [1.82, 2.24) is 25.1 Å². The fourth-order valence-corrected chi connectivity index (χ4v) is 3.83.